The number of hydrogen-bond donors (Lipinski definition) is 1. The number of aromatic amines is 1. The number of amides is 1. The van der Waals surface area contributed by atoms with Crippen molar-refractivity contribution in [2.24, 2.45) is 0 Å². The van der Waals surface area contributed by atoms with E-state index >= 15 is 0 Å². The van der Waals surface area contributed by atoms with Gasteiger partial charge in [0.1, 0.15) is 11.0 Å². The number of fused-ring (bicyclic) bond motifs is 1. The third kappa shape index (κ3) is 2.58. The second-order valence-corrected chi connectivity index (χ2v) is 7.09. The number of anilines is 1. The van der Waals surface area contributed by atoms with Crippen LogP contribution >= 0.6 is 0 Å². The van der Waals surface area contributed by atoms with Gasteiger partial charge in [0.2, 0.25) is 0 Å². The van der Waals surface area contributed by atoms with E-state index in [1.165, 1.54) is 12.8 Å². The lowest BCUT2D eigenvalue weighted by Crippen LogP contribution is -2.60. The summed E-state index contributed by atoms with van der Waals surface area (Å²) in [6.07, 6.45) is 2.46. The number of H-pyrrole nitrogens is 1. The highest BCUT2D eigenvalue weighted by Gasteiger charge is 2.34. The van der Waals surface area contributed by atoms with Crippen molar-refractivity contribution in [3.8, 4) is 0 Å². The van der Waals surface area contributed by atoms with Gasteiger partial charge in [-0.2, -0.15) is 20.5 Å². The first-order valence-electron chi connectivity index (χ1n) is 8.85. The Kier molecular flexibility index (Phi) is 3.37. The quantitative estimate of drug-likeness (QED) is 0.769. The lowest BCUT2D eigenvalue weighted by molar-refractivity contribution is 0.0705. The molecule has 0 spiro atoms. The molecule has 8 heteroatoms. The lowest BCUT2D eigenvalue weighted by Gasteiger charge is -2.44. The number of nitrogens with one attached hydrogen (secondary N) is 1. The first-order valence-corrected chi connectivity index (χ1v) is 8.85. The Bertz CT molecular complexity index is 957. The van der Waals surface area contributed by atoms with Crippen molar-refractivity contribution < 1.29 is 4.79 Å². The third-order valence-corrected chi connectivity index (χ3v) is 5.28. The van der Waals surface area contributed by atoms with Gasteiger partial charge in [0.25, 0.3) is 5.91 Å². The van der Waals surface area contributed by atoms with Gasteiger partial charge in [-0.25, -0.2) is 0 Å². The van der Waals surface area contributed by atoms with E-state index in [2.05, 4.69) is 36.6 Å². The first-order chi connectivity index (χ1) is 12.7. The Morgan fingerprint density at radius 3 is 2.65 bits per heavy atom. The van der Waals surface area contributed by atoms with E-state index < -0.39 is 0 Å². The molecule has 3 heterocycles. The molecular weight excluding hydrogens is 330 g/mol. The molecule has 1 N–H and O–H groups in total. The van der Waals surface area contributed by atoms with Crippen molar-refractivity contribution in [3.63, 3.8) is 0 Å². The molecule has 1 aliphatic carbocycles. The number of aromatic nitrogens is 5. The van der Waals surface area contributed by atoms with E-state index in [0.29, 0.717) is 17.0 Å². The Morgan fingerprint density at radius 2 is 1.92 bits per heavy atom. The molecule has 132 valence electrons. The van der Waals surface area contributed by atoms with Gasteiger partial charge in [-0.1, -0.05) is 0 Å². The molecule has 3 aromatic rings. The number of likely N-dealkylation sites (N-methyl/N-ethyl adjacent to an activating group) is 1. The van der Waals surface area contributed by atoms with Crippen molar-refractivity contribution in [3.05, 3.63) is 41.6 Å². The largest absolute Gasteiger partial charge is 0.351 e. The molecule has 26 heavy (non-hydrogen) atoms. The van der Waals surface area contributed by atoms with Crippen LogP contribution in [-0.2, 0) is 0 Å². The standard InChI is InChI=1S/C18H19N7O/c1-24(18(26)12-4-5-15-16(8-12)21-23-20-15)13-9-25(10-13)17-7-6-14(19-22-17)11-2-3-11/h4-8,11,13H,2-3,9-10H2,1H3,(H,20,21,23). The number of nitrogens with zero attached hydrogens (tertiary/aromatic N) is 6. The third-order valence-electron chi connectivity index (χ3n) is 5.28. The van der Waals surface area contributed by atoms with Crippen molar-refractivity contribution >= 4 is 22.8 Å². The minimum atomic E-state index is -0.00489. The predicted molar refractivity (Wildman–Crippen MR) is 96.0 cm³/mol. The van der Waals surface area contributed by atoms with E-state index in [-0.39, 0.29) is 11.9 Å². The highest BCUT2D eigenvalue weighted by molar-refractivity contribution is 5.97. The average molecular weight is 349 g/mol. The number of rotatable bonds is 4. The number of carbonyl (C=O) groups excluding carboxylic acids is 1. The molecule has 8 nitrogen and oxygen atoms in total. The van der Waals surface area contributed by atoms with E-state index in [9.17, 15) is 4.79 Å². The van der Waals surface area contributed by atoms with Crippen molar-refractivity contribution in [1.82, 2.24) is 30.5 Å². The molecule has 1 aromatic carbocycles. The molecule has 2 aromatic heterocycles. The van der Waals surface area contributed by atoms with Gasteiger partial charge in [-0.3, -0.25) is 4.79 Å². The fourth-order valence-corrected chi connectivity index (χ4v) is 3.33. The maximum atomic E-state index is 12.7. The van der Waals surface area contributed by atoms with Crippen LogP contribution in [0.5, 0.6) is 0 Å². The van der Waals surface area contributed by atoms with Crippen LogP contribution in [0.1, 0.15) is 34.8 Å². The van der Waals surface area contributed by atoms with Gasteiger partial charge in [0.05, 0.1) is 11.7 Å². The topological polar surface area (TPSA) is 90.9 Å². The summed E-state index contributed by atoms with van der Waals surface area (Å²) >= 11 is 0. The minimum absolute atomic E-state index is 0.00489. The number of benzene rings is 1. The number of carbonyl (C=O) groups is 1. The van der Waals surface area contributed by atoms with Crippen LogP contribution in [0.3, 0.4) is 0 Å². The lowest BCUT2D eigenvalue weighted by atomic mass is 10.1. The van der Waals surface area contributed by atoms with Gasteiger partial charge in [-0.15, -0.1) is 5.10 Å². The molecule has 1 aliphatic heterocycles. The average Bonchev–Trinajstić information content (AvgIpc) is 3.37. The van der Waals surface area contributed by atoms with Gasteiger partial charge in [-0.05, 0) is 43.2 Å². The van der Waals surface area contributed by atoms with Gasteiger partial charge < -0.3 is 9.80 Å². The first kappa shape index (κ1) is 15.2. The zero-order valence-corrected chi connectivity index (χ0v) is 14.5. The molecule has 2 fully saturated rings. The second kappa shape index (κ2) is 5.76. The van der Waals surface area contributed by atoms with Gasteiger partial charge >= 0.3 is 0 Å². The Balaban J connectivity index is 1.24. The molecule has 5 rings (SSSR count). The zero-order valence-electron chi connectivity index (χ0n) is 14.5. The highest BCUT2D eigenvalue weighted by atomic mass is 16.2. The summed E-state index contributed by atoms with van der Waals surface area (Å²) in [7, 11) is 1.85. The zero-order chi connectivity index (χ0) is 17.7. The summed E-state index contributed by atoms with van der Waals surface area (Å²) in [4.78, 5) is 16.7. The van der Waals surface area contributed by atoms with E-state index in [1.54, 1.807) is 17.0 Å². The summed E-state index contributed by atoms with van der Waals surface area (Å²) in [5.41, 5.74) is 3.18. The van der Waals surface area contributed by atoms with Gasteiger partial charge in [0.15, 0.2) is 5.82 Å². The fourth-order valence-electron chi connectivity index (χ4n) is 3.33. The Morgan fingerprint density at radius 1 is 1.12 bits per heavy atom. The second-order valence-electron chi connectivity index (χ2n) is 7.09. The Labute approximate surface area is 150 Å². The normalized spacial score (nSPS) is 17.3. The smallest absolute Gasteiger partial charge is 0.254 e. The predicted octanol–water partition coefficient (Wildman–Crippen LogP) is 1.59. The maximum absolute atomic E-state index is 12.7. The van der Waals surface area contributed by atoms with Gasteiger partial charge in [0, 0.05) is 31.6 Å². The van der Waals surface area contributed by atoms with Crippen LogP contribution in [0.4, 0.5) is 5.82 Å². The maximum Gasteiger partial charge on any atom is 0.254 e. The summed E-state index contributed by atoms with van der Waals surface area (Å²) in [6, 6.07) is 9.66. The van der Waals surface area contributed by atoms with Crippen molar-refractivity contribution in [1.29, 1.82) is 0 Å². The van der Waals surface area contributed by atoms with Crippen molar-refractivity contribution in [2.45, 2.75) is 24.8 Å². The van der Waals surface area contributed by atoms with E-state index in [4.69, 9.17) is 0 Å². The van der Waals surface area contributed by atoms with E-state index in [0.717, 1.165) is 30.1 Å². The molecule has 0 atom stereocenters. The SMILES string of the molecule is CN(C(=O)c1ccc2n[nH]nc2c1)C1CN(c2ccc(C3CC3)nn2)C1. The molecule has 2 aliphatic rings. The fraction of sp³-hybridized carbons (Fsp3) is 0.389. The molecule has 1 saturated heterocycles. The molecule has 0 unspecified atom stereocenters. The van der Waals surface area contributed by atoms with Crippen LogP contribution in [-0.4, -0.2) is 62.6 Å². The van der Waals surface area contributed by atoms with Crippen LogP contribution in [0.25, 0.3) is 11.0 Å². The number of hydrogen-bond acceptors (Lipinski definition) is 6. The van der Waals surface area contributed by atoms with Crippen LogP contribution < -0.4 is 4.90 Å². The molecule has 0 radical (unpaired) electrons. The van der Waals surface area contributed by atoms with E-state index in [1.807, 2.05) is 19.2 Å². The summed E-state index contributed by atoms with van der Waals surface area (Å²) in [5.74, 6) is 1.50. The van der Waals surface area contributed by atoms with Crippen molar-refractivity contribution in [2.75, 3.05) is 25.0 Å². The highest BCUT2D eigenvalue weighted by Crippen LogP contribution is 2.38. The summed E-state index contributed by atoms with van der Waals surface area (Å²) < 4.78 is 0. The summed E-state index contributed by atoms with van der Waals surface area (Å²) in [5, 5.41) is 19.3. The molecule has 0 bridgehead atoms. The monoisotopic (exact) mass is 349 g/mol. The van der Waals surface area contributed by atoms with Crippen LogP contribution in [0.2, 0.25) is 0 Å². The van der Waals surface area contributed by atoms with Crippen LogP contribution in [0.15, 0.2) is 30.3 Å². The molecule has 1 saturated carbocycles. The minimum Gasteiger partial charge on any atom is -0.351 e. The molecule has 1 amide bonds. The van der Waals surface area contributed by atoms with Crippen LogP contribution in [0, 0.1) is 0 Å². The molecular formula is C18H19N7O. The summed E-state index contributed by atoms with van der Waals surface area (Å²) in [6.45, 7) is 1.54. The Hall–Kier alpha value is -3.03.